The fraction of sp³-hybridized carbons (Fsp3) is 0.105. The summed E-state index contributed by atoms with van der Waals surface area (Å²) in [5, 5.41) is 43.3. The Morgan fingerprint density at radius 2 is 2.10 bits per heavy atom. The molecule has 0 spiro atoms. The van der Waals surface area contributed by atoms with E-state index in [0.717, 1.165) is 0 Å². The van der Waals surface area contributed by atoms with E-state index in [1.54, 1.807) is 30.3 Å². The topological polar surface area (TPSA) is 168 Å². The Morgan fingerprint density at radius 1 is 1.34 bits per heavy atom. The van der Waals surface area contributed by atoms with E-state index in [4.69, 9.17) is 15.3 Å². The molecule has 0 aliphatic carbocycles. The molecule has 0 radical (unpaired) electrons. The number of nitro benzene ring substituents is 1. The summed E-state index contributed by atoms with van der Waals surface area (Å²) in [5.41, 5.74) is 6.13. The van der Waals surface area contributed by atoms with Crippen molar-refractivity contribution < 1.29 is 14.4 Å². The van der Waals surface area contributed by atoms with Gasteiger partial charge in [0.25, 0.3) is 5.69 Å². The van der Waals surface area contributed by atoms with E-state index in [1.807, 2.05) is 12.1 Å². The van der Waals surface area contributed by atoms with Crippen molar-refractivity contribution in [2.45, 2.75) is 6.54 Å². The highest BCUT2D eigenvalue weighted by Gasteiger charge is 2.20. The number of para-hydroxylation sites is 1. The number of aliphatic hydroxyl groups excluding tert-OH is 1. The summed E-state index contributed by atoms with van der Waals surface area (Å²) in [7, 11) is 0. The minimum absolute atomic E-state index is 0.0109. The summed E-state index contributed by atoms with van der Waals surface area (Å²) in [6, 6.07) is 13.1. The zero-order valence-corrected chi connectivity index (χ0v) is 14.9. The minimum Gasteiger partial charge on any atom is -0.456 e. The zero-order chi connectivity index (χ0) is 21.0. The maximum Gasteiger partial charge on any atom is 0.280 e. The lowest BCUT2D eigenvalue weighted by atomic mass is 10.1. The van der Waals surface area contributed by atoms with Crippen molar-refractivity contribution in [3.8, 4) is 23.5 Å². The second-order valence-electron chi connectivity index (χ2n) is 5.81. The predicted molar refractivity (Wildman–Crippen MR) is 103 cm³/mol. The van der Waals surface area contributed by atoms with Gasteiger partial charge in [0.1, 0.15) is 40.7 Å². The van der Waals surface area contributed by atoms with Crippen molar-refractivity contribution in [3.05, 3.63) is 63.5 Å². The van der Waals surface area contributed by atoms with Gasteiger partial charge in [-0.25, -0.2) is 4.68 Å². The molecule has 0 amide bonds. The van der Waals surface area contributed by atoms with Gasteiger partial charge >= 0.3 is 0 Å². The van der Waals surface area contributed by atoms with Crippen LogP contribution in [-0.2, 0) is 6.54 Å². The van der Waals surface area contributed by atoms with Crippen molar-refractivity contribution >= 4 is 23.2 Å². The molecule has 0 saturated heterocycles. The van der Waals surface area contributed by atoms with Gasteiger partial charge in [-0.1, -0.05) is 12.1 Å². The van der Waals surface area contributed by atoms with Gasteiger partial charge in [-0.3, -0.25) is 10.1 Å². The van der Waals surface area contributed by atoms with Crippen molar-refractivity contribution in [2.75, 3.05) is 12.3 Å². The molecule has 0 atom stereocenters. The molecule has 0 unspecified atom stereocenters. The van der Waals surface area contributed by atoms with E-state index in [1.165, 1.54) is 16.8 Å². The summed E-state index contributed by atoms with van der Waals surface area (Å²) in [6.45, 7) is -0.166. The average Bonchev–Trinajstić information content (AvgIpc) is 3.31. The van der Waals surface area contributed by atoms with Crippen molar-refractivity contribution in [1.82, 2.24) is 9.78 Å². The maximum atomic E-state index is 11.2. The molecule has 0 saturated carbocycles. The number of hydrogen-bond donors (Lipinski definition) is 2. The summed E-state index contributed by atoms with van der Waals surface area (Å²) in [4.78, 5) is 10.7. The van der Waals surface area contributed by atoms with Gasteiger partial charge in [0.2, 0.25) is 0 Å². The lowest BCUT2D eigenvalue weighted by Gasteiger charge is -1.99. The van der Waals surface area contributed by atoms with Crippen LogP contribution in [0.3, 0.4) is 0 Å². The van der Waals surface area contributed by atoms with E-state index < -0.39 is 4.92 Å². The number of anilines is 1. The molecule has 3 aromatic rings. The number of aliphatic hydroxyl groups is 1. The summed E-state index contributed by atoms with van der Waals surface area (Å²) >= 11 is 0. The first-order valence-electron chi connectivity index (χ1n) is 8.33. The highest BCUT2D eigenvalue weighted by molar-refractivity contribution is 5.90. The highest BCUT2D eigenvalue weighted by atomic mass is 16.6. The number of benzene rings is 1. The molecular weight excluding hydrogens is 376 g/mol. The fourth-order valence-electron chi connectivity index (χ4n) is 2.75. The van der Waals surface area contributed by atoms with E-state index in [2.05, 4.69) is 5.10 Å². The van der Waals surface area contributed by atoms with Crippen LogP contribution in [0.5, 0.6) is 0 Å². The van der Waals surface area contributed by atoms with E-state index in [9.17, 15) is 20.6 Å². The molecule has 10 heteroatoms. The normalized spacial score (nSPS) is 11.1. The number of nitriles is 2. The Bertz CT molecular complexity index is 1190. The van der Waals surface area contributed by atoms with E-state index >= 15 is 0 Å². The second-order valence-corrected chi connectivity index (χ2v) is 5.81. The van der Waals surface area contributed by atoms with E-state index in [0.29, 0.717) is 5.56 Å². The van der Waals surface area contributed by atoms with Crippen LogP contribution < -0.4 is 5.73 Å². The Balaban J connectivity index is 2.04. The third-order valence-electron chi connectivity index (χ3n) is 4.07. The Kier molecular flexibility index (Phi) is 5.39. The molecule has 2 heterocycles. The molecule has 29 heavy (non-hydrogen) atoms. The first kappa shape index (κ1) is 19.4. The first-order valence-corrected chi connectivity index (χ1v) is 8.33. The highest BCUT2D eigenvalue weighted by Crippen LogP contribution is 2.32. The van der Waals surface area contributed by atoms with Crippen molar-refractivity contribution in [2.24, 2.45) is 0 Å². The van der Waals surface area contributed by atoms with Crippen LogP contribution in [0.25, 0.3) is 23.0 Å². The van der Waals surface area contributed by atoms with Gasteiger partial charge < -0.3 is 15.3 Å². The number of nitrogen functional groups attached to an aromatic ring is 1. The summed E-state index contributed by atoms with van der Waals surface area (Å²) < 4.78 is 6.89. The molecule has 144 valence electrons. The molecule has 0 aliphatic rings. The lowest BCUT2D eigenvalue weighted by Crippen LogP contribution is -2.07. The van der Waals surface area contributed by atoms with Gasteiger partial charge in [-0.15, -0.1) is 0 Å². The summed E-state index contributed by atoms with van der Waals surface area (Å²) in [6.07, 6.45) is 1.37. The van der Waals surface area contributed by atoms with Crippen LogP contribution in [0.2, 0.25) is 0 Å². The van der Waals surface area contributed by atoms with Crippen molar-refractivity contribution in [3.63, 3.8) is 0 Å². The molecular formula is C19H14N6O4. The van der Waals surface area contributed by atoms with Crippen LogP contribution in [-0.4, -0.2) is 26.4 Å². The smallest absolute Gasteiger partial charge is 0.280 e. The number of nitro groups is 1. The van der Waals surface area contributed by atoms with Crippen LogP contribution in [0.1, 0.15) is 17.0 Å². The number of rotatable bonds is 6. The van der Waals surface area contributed by atoms with Gasteiger partial charge in [0, 0.05) is 12.1 Å². The number of nitrogens with zero attached hydrogens (tertiary/aromatic N) is 5. The van der Waals surface area contributed by atoms with Crippen LogP contribution >= 0.6 is 0 Å². The number of furan rings is 1. The molecule has 2 aromatic heterocycles. The number of allylic oxidation sites excluding steroid dienone is 1. The number of hydrogen-bond acceptors (Lipinski definition) is 8. The van der Waals surface area contributed by atoms with Crippen LogP contribution in [0, 0.1) is 32.8 Å². The molecule has 0 fully saturated rings. The Labute approximate surface area is 164 Å². The molecule has 0 aliphatic heterocycles. The SMILES string of the molecule is N#CC(=Cc1ccc(-c2ccccc2[N+](=O)[O-])o1)c1nn(CCO)c(N)c1C#N. The Morgan fingerprint density at radius 3 is 2.76 bits per heavy atom. The molecule has 3 rings (SSSR count). The number of nitrogens with two attached hydrogens (primary N) is 1. The standard InChI is InChI=1S/C19H14N6O4/c20-10-12(18-15(11-21)19(22)24(23-18)7-8-26)9-13-5-6-17(29-13)14-3-1-2-4-16(14)25(27)28/h1-6,9,26H,7-8,22H2. The monoisotopic (exact) mass is 390 g/mol. The van der Waals surface area contributed by atoms with Gasteiger partial charge in [-0.05, 0) is 18.2 Å². The van der Waals surface area contributed by atoms with Crippen LogP contribution in [0.15, 0.2) is 40.8 Å². The average molecular weight is 390 g/mol. The zero-order valence-electron chi connectivity index (χ0n) is 14.9. The van der Waals surface area contributed by atoms with Gasteiger partial charge in [0.15, 0.2) is 0 Å². The van der Waals surface area contributed by atoms with Crippen LogP contribution in [0.4, 0.5) is 11.5 Å². The van der Waals surface area contributed by atoms with Gasteiger partial charge in [-0.2, -0.15) is 15.6 Å². The quantitative estimate of drug-likeness (QED) is 0.367. The lowest BCUT2D eigenvalue weighted by molar-refractivity contribution is -0.384. The van der Waals surface area contributed by atoms with Gasteiger partial charge in [0.05, 0.1) is 29.2 Å². The fourth-order valence-corrected chi connectivity index (χ4v) is 2.75. The Hall–Kier alpha value is -4.41. The first-order chi connectivity index (χ1) is 14.0. The molecule has 0 bridgehead atoms. The minimum atomic E-state index is -0.510. The second kappa shape index (κ2) is 8.08. The van der Waals surface area contributed by atoms with Crippen molar-refractivity contribution in [1.29, 1.82) is 10.5 Å². The summed E-state index contributed by atoms with van der Waals surface area (Å²) in [5.74, 6) is 0.540. The third-order valence-corrected chi connectivity index (χ3v) is 4.07. The molecule has 1 aromatic carbocycles. The molecule has 10 nitrogen and oxygen atoms in total. The predicted octanol–water partition coefficient (Wildman–Crippen LogP) is 2.56. The third kappa shape index (κ3) is 3.69. The van der Waals surface area contributed by atoms with E-state index in [-0.39, 0.29) is 53.0 Å². The molecule has 3 N–H and O–H groups in total. The largest absolute Gasteiger partial charge is 0.456 e. The maximum absolute atomic E-state index is 11.2. The number of aromatic nitrogens is 2.